The lowest BCUT2D eigenvalue weighted by molar-refractivity contribution is -0.143. The van der Waals surface area contributed by atoms with Crippen LogP contribution < -0.4 is 10.6 Å². The molecule has 2 amide bonds. The Balaban J connectivity index is 1.74. The van der Waals surface area contributed by atoms with E-state index in [1.165, 1.54) is 17.0 Å². The maximum Gasteiger partial charge on any atom is 0.416 e. The van der Waals surface area contributed by atoms with Gasteiger partial charge < -0.3 is 15.5 Å². The highest BCUT2D eigenvalue weighted by atomic mass is 19.4. The number of nitrogens with zero attached hydrogens (tertiary/aromatic N) is 1. The third-order valence-electron chi connectivity index (χ3n) is 6.32. The first-order valence-corrected chi connectivity index (χ1v) is 11.7. The first kappa shape index (κ1) is 28.7. The topological polar surface area (TPSA) is 44.4 Å². The largest absolute Gasteiger partial charge is 0.416 e. The normalized spacial score (nSPS) is 18.7. The number of hydrogen-bond acceptors (Lipinski definition) is 2. The van der Waals surface area contributed by atoms with E-state index >= 15 is 0 Å². The average Bonchev–Trinajstić information content (AvgIpc) is 2.81. The van der Waals surface area contributed by atoms with Crippen LogP contribution in [0.3, 0.4) is 0 Å². The molecule has 37 heavy (non-hydrogen) atoms. The fraction of sp³-hybridized carbons (Fsp3) is 0.480. The number of urea groups is 1. The fourth-order valence-corrected chi connectivity index (χ4v) is 4.54. The molecule has 2 aromatic carbocycles. The van der Waals surface area contributed by atoms with Crippen LogP contribution in [0, 0.1) is 12.7 Å². The van der Waals surface area contributed by atoms with Crippen LogP contribution in [0.1, 0.15) is 46.7 Å². The average molecular weight is 537 g/mol. The van der Waals surface area contributed by atoms with E-state index in [0.717, 1.165) is 0 Å². The van der Waals surface area contributed by atoms with E-state index in [-0.39, 0.29) is 43.7 Å². The van der Waals surface area contributed by atoms with Gasteiger partial charge in [-0.2, -0.15) is 26.3 Å². The molecule has 1 saturated heterocycles. The van der Waals surface area contributed by atoms with Crippen LogP contribution in [-0.4, -0.2) is 43.3 Å². The summed E-state index contributed by atoms with van der Waals surface area (Å²) in [7, 11) is 0. The number of carbonyl (C=O) groups is 1. The number of hydrogen-bond donors (Lipinski definition) is 2. The quantitative estimate of drug-likeness (QED) is 0.414. The van der Waals surface area contributed by atoms with Gasteiger partial charge in [-0.25, -0.2) is 13.6 Å². The third kappa shape index (κ3) is 7.56. The highest BCUT2D eigenvalue weighted by Crippen LogP contribution is 2.37. The fourth-order valence-electron chi connectivity index (χ4n) is 4.54. The number of rotatable bonds is 7. The number of aryl methyl sites for hydroxylation is 1. The summed E-state index contributed by atoms with van der Waals surface area (Å²) < 4.78 is 105. The second-order valence-corrected chi connectivity index (χ2v) is 8.97. The van der Waals surface area contributed by atoms with Crippen molar-refractivity contribution < 1.29 is 39.9 Å². The van der Waals surface area contributed by atoms with Gasteiger partial charge in [0.2, 0.25) is 0 Å². The molecular weight excluding hydrogens is 510 g/mol. The van der Waals surface area contributed by atoms with Crippen molar-refractivity contribution in [3.8, 4) is 0 Å². The van der Waals surface area contributed by atoms with Gasteiger partial charge in [-0.3, -0.25) is 0 Å². The smallest absolute Gasteiger partial charge is 0.338 e. The highest BCUT2D eigenvalue weighted by molar-refractivity contribution is 5.75. The van der Waals surface area contributed by atoms with Crippen molar-refractivity contribution in [2.45, 2.75) is 50.6 Å². The molecule has 2 N–H and O–H groups in total. The van der Waals surface area contributed by atoms with Crippen LogP contribution >= 0.6 is 0 Å². The minimum Gasteiger partial charge on any atom is -0.338 e. The molecular formula is C25H27F8N3O. The van der Waals surface area contributed by atoms with Crippen LogP contribution in [0.15, 0.2) is 36.4 Å². The Bertz CT molecular complexity index is 1050. The van der Waals surface area contributed by atoms with Gasteiger partial charge >= 0.3 is 18.4 Å². The predicted octanol–water partition coefficient (Wildman–Crippen LogP) is 6.19. The Morgan fingerprint density at radius 3 is 2.22 bits per heavy atom. The SMILES string of the molecule is Cc1cc(F)ccc1[C@H]1C[C@@H](NCCF)CCN1C(=O)NCCc1cc(C(F)(F)F)cc(C(F)(F)F)c1. The standard InChI is InChI=1S/C25H27F8N3O/c1-15-10-19(27)2-3-21(15)22-14-20(34-8-6-26)5-9-36(22)23(37)35-7-4-16-11-17(24(28,29)30)13-18(12-16)25(31,32)33/h2-3,10-13,20,22,34H,4-9,14H2,1H3,(H,35,37)/t20-,22+/m0/s1. The summed E-state index contributed by atoms with van der Waals surface area (Å²) in [5.41, 5.74) is -1.76. The summed E-state index contributed by atoms with van der Waals surface area (Å²) >= 11 is 0. The van der Waals surface area contributed by atoms with Crippen LogP contribution in [0.2, 0.25) is 0 Å². The van der Waals surface area contributed by atoms with Crippen molar-refractivity contribution in [2.75, 3.05) is 26.3 Å². The van der Waals surface area contributed by atoms with Gasteiger partial charge in [-0.15, -0.1) is 0 Å². The van der Waals surface area contributed by atoms with Crippen molar-refractivity contribution in [3.63, 3.8) is 0 Å². The van der Waals surface area contributed by atoms with Crippen molar-refractivity contribution >= 4 is 6.03 Å². The molecule has 1 aliphatic rings. The summed E-state index contributed by atoms with van der Waals surface area (Å²) in [6, 6.07) is 4.34. The van der Waals surface area contributed by atoms with Crippen LogP contribution in [0.25, 0.3) is 0 Å². The number of amides is 2. The summed E-state index contributed by atoms with van der Waals surface area (Å²) in [5, 5.41) is 5.65. The molecule has 0 spiro atoms. The molecule has 12 heteroatoms. The number of likely N-dealkylation sites (tertiary alicyclic amines) is 1. The molecule has 1 fully saturated rings. The Morgan fingerprint density at radius 1 is 1.00 bits per heavy atom. The molecule has 0 saturated carbocycles. The zero-order valence-electron chi connectivity index (χ0n) is 19.9. The minimum absolute atomic E-state index is 0.0544. The van der Waals surface area contributed by atoms with E-state index in [1.807, 2.05) is 0 Å². The maximum absolute atomic E-state index is 13.7. The molecule has 2 atom stereocenters. The number of piperidine rings is 1. The van der Waals surface area contributed by atoms with Gasteiger partial charge in [-0.05, 0) is 73.2 Å². The van der Waals surface area contributed by atoms with E-state index in [2.05, 4.69) is 10.6 Å². The lowest BCUT2D eigenvalue weighted by Gasteiger charge is -2.40. The van der Waals surface area contributed by atoms with E-state index in [0.29, 0.717) is 36.1 Å². The second kappa shape index (κ2) is 11.7. The Hall–Kier alpha value is -2.89. The zero-order chi connectivity index (χ0) is 27.4. The van der Waals surface area contributed by atoms with Gasteiger partial charge in [0.25, 0.3) is 0 Å². The zero-order valence-corrected chi connectivity index (χ0v) is 19.9. The van der Waals surface area contributed by atoms with Crippen LogP contribution in [0.4, 0.5) is 39.9 Å². The number of alkyl halides is 7. The van der Waals surface area contributed by atoms with Crippen LogP contribution in [0.5, 0.6) is 0 Å². The summed E-state index contributed by atoms with van der Waals surface area (Å²) in [6.07, 6.45) is -9.25. The lowest BCUT2D eigenvalue weighted by Crippen LogP contribution is -2.50. The van der Waals surface area contributed by atoms with Gasteiger partial charge in [0.05, 0.1) is 17.2 Å². The Morgan fingerprint density at radius 2 is 1.65 bits per heavy atom. The molecule has 0 bridgehead atoms. The predicted molar refractivity (Wildman–Crippen MR) is 121 cm³/mol. The summed E-state index contributed by atoms with van der Waals surface area (Å²) in [6.45, 7) is 1.33. The highest BCUT2D eigenvalue weighted by Gasteiger charge is 2.37. The monoisotopic (exact) mass is 537 g/mol. The molecule has 3 rings (SSSR count). The number of carbonyl (C=O) groups excluding carboxylic acids is 1. The van der Waals surface area contributed by atoms with Gasteiger partial charge in [0.1, 0.15) is 12.5 Å². The van der Waals surface area contributed by atoms with Gasteiger partial charge in [0.15, 0.2) is 0 Å². The van der Waals surface area contributed by atoms with E-state index in [9.17, 15) is 39.9 Å². The van der Waals surface area contributed by atoms with Crippen molar-refractivity contribution in [1.29, 1.82) is 0 Å². The summed E-state index contributed by atoms with van der Waals surface area (Å²) in [5.74, 6) is -0.445. The lowest BCUT2D eigenvalue weighted by atomic mass is 9.89. The number of nitrogens with one attached hydrogen (secondary N) is 2. The molecule has 1 heterocycles. The summed E-state index contributed by atoms with van der Waals surface area (Å²) in [4.78, 5) is 14.5. The molecule has 0 unspecified atom stereocenters. The van der Waals surface area contributed by atoms with Gasteiger partial charge in [0, 0.05) is 25.7 Å². The molecule has 1 aliphatic heterocycles. The van der Waals surface area contributed by atoms with Gasteiger partial charge in [-0.1, -0.05) is 6.07 Å². The number of benzene rings is 2. The Kier molecular flexibility index (Phi) is 9.04. The minimum atomic E-state index is -4.96. The van der Waals surface area contributed by atoms with Crippen LogP contribution in [-0.2, 0) is 18.8 Å². The second-order valence-electron chi connectivity index (χ2n) is 8.97. The number of halogens is 8. The molecule has 4 nitrogen and oxygen atoms in total. The third-order valence-corrected chi connectivity index (χ3v) is 6.32. The molecule has 0 aliphatic carbocycles. The Labute approximate surface area is 209 Å². The van der Waals surface area contributed by atoms with Crippen molar-refractivity contribution in [3.05, 3.63) is 70.0 Å². The van der Waals surface area contributed by atoms with Crippen molar-refractivity contribution in [2.24, 2.45) is 0 Å². The molecule has 204 valence electrons. The molecule has 2 aromatic rings. The molecule has 0 aromatic heterocycles. The maximum atomic E-state index is 13.7. The first-order chi connectivity index (χ1) is 17.3. The molecule has 0 radical (unpaired) electrons. The van der Waals surface area contributed by atoms with E-state index in [1.54, 1.807) is 13.0 Å². The van der Waals surface area contributed by atoms with E-state index < -0.39 is 48.0 Å². The van der Waals surface area contributed by atoms with E-state index in [4.69, 9.17) is 0 Å². The van der Waals surface area contributed by atoms with Crippen molar-refractivity contribution in [1.82, 2.24) is 15.5 Å². The first-order valence-electron chi connectivity index (χ1n) is 11.7.